The molecule has 0 heterocycles. The summed E-state index contributed by atoms with van der Waals surface area (Å²) in [4.78, 5) is 12.5. The minimum absolute atomic E-state index is 0.0549. The second kappa shape index (κ2) is 7.56. The second-order valence-electron chi connectivity index (χ2n) is 6.06. The molecular weight excluding hydrogens is 360 g/mol. The number of anilines is 1. The quantitative estimate of drug-likeness (QED) is 0.832. The maximum absolute atomic E-state index is 12.4. The van der Waals surface area contributed by atoms with Gasteiger partial charge < -0.3 is 5.32 Å². The molecule has 0 aliphatic rings. The molecule has 0 spiro atoms. The van der Waals surface area contributed by atoms with Crippen LogP contribution in [-0.4, -0.2) is 20.4 Å². The highest BCUT2D eigenvalue weighted by molar-refractivity contribution is 7.89. The van der Waals surface area contributed by atoms with Crippen LogP contribution in [0.4, 0.5) is 5.69 Å². The first-order valence-corrected chi connectivity index (χ1v) is 9.63. The van der Waals surface area contributed by atoms with Crippen LogP contribution in [0.5, 0.6) is 0 Å². The van der Waals surface area contributed by atoms with E-state index in [0.29, 0.717) is 10.7 Å². The van der Waals surface area contributed by atoms with Gasteiger partial charge in [0.15, 0.2) is 0 Å². The molecule has 0 saturated heterocycles. The molecule has 0 aromatic heterocycles. The molecular formula is C18H21ClN2O3S. The van der Waals surface area contributed by atoms with Gasteiger partial charge in [-0.25, -0.2) is 8.42 Å². The Morgan fingerprint density at radius 2 is 1.56 bits per heavy atom. The normalized spacial score (nSPS) is 12.7. The number of amides is 1. The Labute approximate surface area is 153 Å². The van der Waals surface area contributed by atoms with Crippen LogP contribution >= 0.6 is 11.6 Å². The van der Waals surface area contributed by atoms with E-state index in [1.54, 1.807) is 0 Å². The van der Waals surface area contributed by atoms with Gasteiger partial charge in [0.1, 0.15) is 0 Å². The number of hydrogen-bond donors (Lipinski definition) is 2. The SMILES string of the molecule is Cc1cc(C)c(NC(=O)[C@H](C)NS(=O)(=O)c2ccc(Cl)cc2)c(C)c1. The summed E-state index contributed by atoms with van der Waals surface area (Å²) in [6.07, 6.45) is 0. The molecule has 0 aliphatic carbocycles. The van der Waals surface area contributed by atoms with E-state index in [9.17, 15) is 13.2 Å². The van der Waals surface area contributed by atoms with Gasteiger partial charge >= 0.3 is 0 Å². The fourth-order valence-electron chi connectivity index (χ4n) is 2.58. The van der Waals surface area contributed by atoms with Crippen molar-refractivity contribution < 1.29 is 13.2 Å². The molecule has 0 saturated carbocycles. The van der Waals surface area contributed by atoms with E-state index in [1.165, 1.54) is 31.2 Å². The molecule has 1 atom stereocenters. The largest absolute Gasteiger partial charge is 0.324 e. The Morgan fingerprint density at radius 3 is 2.08 bits per heavy atom. The third-order valence-electron chi connectivity index (χ3n) is 3.77. The van der Waals surface area contributed by atoms with Crippen molar-refractivity contribution in [1.29, 1.82) is 0 Å². The summed E-state index contributed by atoms with van der Waals surface area (Å²) in [6, 6.07) is 8.75. The minimum Gasteiger partial charge on any atom is -0.324 e. The number of benzene rings is 2. The molecule has 5 nitrogen and oxygen atoms in total. The maximum Gasteiger partial charge on any atom is 0.242 e. The number of nitrogens with one attached hydrogen (secondary N) is 2. The van der Waals surface area contributed by atoms with Crippen LogP contribution in [0.2, 0.25) is 5.02 Å². The van der Waals surface area contributed by atoms with Crippen molar-refractivity contribution in [1.82, 2.24) is 4.72 Å². The van der Waals surface area contributed by atoms with E-state index >= 15 is 0 Å². The third kappa shape index (κ3) is 4.81. The van der Waals surface area contributed by atoms with Gasteiger partial charge in [-0.15, -0.1) is 0 Å². The minimum atomic E-state index is -3.81. The molecule has 0 aliphatic heterocycles. The van der Waals surface area contributed by atoms with E-state index in [-0.39, 0.29) is 4.90 Å². The summed E-state index contributed by atoms with van der Waals surface area (Å²) >= 11 is 5.77. The second-order valence-corrected chi connectivity index (χ2v) is 8.21. The van der Waals surface area contributed by atoms with Crippen LogP contribution in [0.3, 0.4) is 0 Å². The van der Waals surface area contributed by atoms with Crippen molar-refractivity contribution in [2.45, 2.75) is 38.6 Å². The van der Waals surface area contributed by atoms with Crippen molar-refractivity contribution in [2.75, 3.05) is 5.32 Å². The van der Waals surface area contributed by atoms with Crippen LogP contribution in [0.25, 0.3) is 0 Å². The van der Waals surface area contributed by atoms with Gasteiger partial charge in [0, 0.05) is 10.7 Å². The first-order chi connectivity index (χ1) is 11.6. The Bertz CT molecular complexity index is 870. The number of carbonyl (C=O) groups is 1. The van der Waals surface area contributed by atoms with Gasteiger partial charge in [0.05, 0.1) is 10.9 Å². The number of halogens is 1. The number of hydrogen-bond acceptors (Lipinski definition) is 3. The zero-order valence-electron chi connectivity index (χ0n) is 14.6. The molecule has 1 amide bonds. The smallest absolute Gasteiger partial charge is 0.242 e. The molecule has 0 bridgehead atoms. The molecule has 0 unspecified atom stereocenters. The lowest BCUT2D eigenvalue weighted by Gasteiger charge is -2.17. The van der Waals surface area contributed by atoms with E-state index in [1.807, 2.05) is 32.9 Å². The molecule has 134 valence electrons. The predicted molar refractivity (Wildman–Crippen MR) is 101 cm³/mol. The average Bonchev–Trinajstić information content (AvgIpc) is 2.50. The maximum atomic E-state index is 12.4. The van der Waals surface area contributed by atoms with Gasteiger partial charge in [0.2, 0.25) is 15.9 Å². The van der Waals surface area contributed by atoms with Crippen molar-refractivity contribution in [2.24, 2.45) is 0 Å². The molecule has 0 fully saturated rings. The summed E-state index contributed by atoms with van der Waals surface area (Å²) in [6.45, 7) is 7.28. The molecule has 0 radical (unpaired) electrons. The third-order valence-corrected chi connectivity index (χ3v) is 5.58. The van der Waals surface area contributed by atoms with E-state index in [2.05, 4.69) is 10.0 Å². The van der Waals surface area contributed by atoms with E-state index < -0.39 is 22.0 Å². The summed E-state index contributed by atoms with van der Waals surface area (Å²) in [5, 5.41) is 3.24. The van der Waals surface area contributed by atoms with Gasteiger partial charge in [-0.3, -0.25) is 4.79 Å². The topological polar surface area (TPSA) is 75.3 Å². The lowest BCUT2D eigenvalue weighted by molar-refractivity contribution is -0.117. The van der Waals surface area contributed by atoms with Gasteiger partial charge in [0.25, 0.3) is 0 Å². The van der Waals surface area contributed by atoms with Crippen LogP contribution < -0.4 is 10.0 Å². The highest BCUT2D eigenvalue weighted by Gasteiger charge is 2.22. The number of sulfonamides is 1. The van der Waals surface area contributed by atoms with Gasteiger partial charge in [-0.05, 0) is 63.1 Å². The Hall–Kier alpha value is -1.89. The number of rotatable bonds is 5. The first-order valence-electron chi connectivity index (χ1n) is 7.77. The fraction of sp³-hybridized carbons (Fsp3) is 0.278. The summed E-state index contributed by atoms with van der Waals surface area (Å²) < 4.78 is 27.1. The Balaban J connectivity index is 2.14. The monoisotopic (exact) mass is 380 g/mol. The summed E-state index contributed by atoms with van der Waals surface area (Å²) in [5.74, 6) is -0.424. The van der Waals surface area contributed by atoms with Gasteiger partial charge in [-0.1, -0.05) is 29.3 Å². The van der Waals surface area contributed by atoms with Crippen molar-refractivity contribution in [3.63, 3.8) is 0 Å². The lowest BCUT2D eigenvalue weighted by atomic mass is 10.0. The molecule has 25 heavy (non-hydrogen) atoms. The van der Waals surface area contributed by atoms with Crippen molar-refractivity contribution >= 4 is 33.2 Å². The van der Waals surface area contributed by atoms with Gasteiger partial charge in [-0.2, -0.15) is 4.72 Å². The fourth-order valence-corrected chi connectivity index (χ4v) is 3.91. The van der Waals surface area contributed by atoms with E-state index in [0.717, 1.165) is 16.7 Å². The number of carbonyl (C=O) groups excluding carboxylic acids is 1. The Kier molecular flexibility index (Phi) is 5.87. The zero-order valence-corrected chi connectivity index (χ0v) is 16.1. The van der Waals surface area contributed by atoms with Crippen molar-refractivity contribution in [3.8, 4) is 0 Å². The number of aryl methyl sites for hydroxylation is 3. The lowest BCUT2D eigenvalue weighted by Crippen LogP contribution is -2.41. The van der Waals surface area contributed by atoms with E-state index in [4.69, 9.17) is 11.6 Å². The zero-order chi connectivity index (χ0) is 18.8. The molecule has 2 rings (SSSR count). The molecule has 7 heteroatoms. The van der Waals surface area contributed by atoms with Crippen LogP contribution in [0.1, 0.15) is 23.6 Å². The molecule has 2 N–H and O–H groups in total. The average molecular weight is 381 g/mol. The molecule has 2 aromatic rings. The highest BCUT2D eigenvalue weighted by atomic mass is 35.5. The van der Waals surface area contributed by atoms with Crippen molar-refractivity contribution in [3.05, 3.63) is 58.1 Å². The van der Waals surface area contributed by atoms with Crippen LogP contribution in [-0.2, 0) is 14.8 Å². The molecule has 2 aromatic carbocycles. The Morgan fingerprint density at radius 1 is 1.04 bits per heavy atom. The van der Waals surface area contributed by atoms with Crippen LogP contribution in [0, 0.1) is 20.8 Å². The standard InChI is InChI=1S/C18H21ClN2O3S/c1-11-9-12(2)17(13(3)10-11)20-18(22)14(4)21-25(23,24)16-7-5-15(19)6-8-16/h5-10,14,21H,1-4H3,(H,20,22)/t14-/m0/s1. The van der Waals surface area contributed by atoms with Crippen LogP contribution in [0.15, 0.2) is 41.3 Å². The summed E-state index contributed by atoms with van der Waals surface area (Å²) in [5.41, 5.74) is 3.66. The first kappa shape index (κ1) is 19.4. The highest BCUT2D eigenvalue weighted by Crippen LogP contribution is 2.22. The predicted octanol–water partition coefficient (Wildman–Crippen LogP) is 3.57. The summed E-state index contributed by atoms with van der Waals surface area (Å²) in [7, 11) is -3.81.